The number of hydrogen-bond donors (Lipinski definition) is 1. The molecular weight excluding hydrogens is 883 g/mol. The third kappa shape index (κ3) is 37.8. The highest BCUT2D eigenvalue weighted by molar-refractivity contribution is 5.88. The van der Waals surface area contributed by atoms with Crippen LogP contribution in [0, 0.1) is 0 Å². The van der Waals surface area contributed by atoms with Crippen molar-refractivity contribution in [3.63, 3.8) is 0 Å². The van der Waals surface area contributed by atoms with Crippen molar-refractivity contribution in [2.24, 2.45) is 0 Å². The van der Waals surface area contributed by atoms with Crippen LogP contribution in [0.2, 0.25) is 0 Å². The third-order valence-electron chi connectivity index (χ3n) is 13.8. The van der Waals surface area contributed by atoms with E-state index in [-0.39, 0.29) is 36.5 Å². The number of carbonyl (C=O) groups is 3. The van der Waals surface area contributed by atoms with Crippen molar-refractivity contribution < 1.29 is 42.8 Å². The summed E-state index contributed by atoms with van der Waals surface area (Å²) in [7, 11) is 0. The maximum absolute atomic E-state index is 13.8. The van der Waals surface area contributed by atoms with Crippen LogP contribution in [-0.4, -0.2) is 125 Å². The first kappa shape index (κ1) is 66.2. The van der Waals surface area contributed by atoms with E-state index in [1.807, 2.05) is 0 Å². The van der Waals surface area contributed by atoms with Crippen molar-refractivity contribution in [1.29, 1.82) is 0 Å². The van der Waals surface area contributed by atoms with Gasteiger partial charge in [0.1, 0.15) is 6.04 Å². The summed E-state index contributed by atoms with van der Waals surface area (Å²) >= 11 is 0. The van der Waals surface area contributed by atoms with Gasteiger partial charge in [-0.05, 0) is 90.1 Å². The molecule has 0 spiro atoms. The van der Waals surface area contributed by atoms with Crippen LogP contribution in [0.5, 0.6) is 0 Å². The molecule has 0 radical (unpaired) electrons. The maximum atomic E-state index is 13.8. The number of likely N-dealkylation sites (tertiary alicyclic amines) is 1. The van der Waals surface area contributed by atoms with Crippen LogP contribution in [0.25, 0.3) is 0 Å². The molecule has 1 heterocycles. The lowest BCUT2D eigenvalue weighted by molar-refractivity contribution is -0.152. The van der Waals surface area contributed by atoms with Gasteiger partial charge in [-0.3, -0.25) is 14.4 Å². The number of nitrogens with zero attached hydrogens (tertiary/aromatic N) is 2. The predicted molar refractivity (Wildman–Crippen MR) is 288 cm³/mol. The molecule has 0 saturated carbocycles. The molecule has 12 nitrogen and oxygen atoms in total. The fourth-order valence-corrected chi connectivity index (χ4v) is 9.11. The SMILES string of the molecule is CCCCCCCCOC(CCCCC(=O)N1CC(OCCCCCCOC(=O)CCCC(OCCCCCCC)OCCCCCCC)CC1C(=O)NCCN(CC)CC)OCCCCCCCC. The standard InChI is InChI=1S/C58H113N3O9/c1-7-13-17-21-25-35-48-67-56(68-49-36-26-22-18-14-8-2)40-30-29-38-54(62)61-51-52(50-53(61)58(64)59-42-43-60(11-5)12-6)65-44-31-27-28-32-45-66-55(63)39-37-41-57(69-46-33-23-19-15-9-3)70-47-34-24-20-16-10-4/h52-53,56-57H,7-51H2,1-6H3,(H,59,64). The molecule has 1 N–H and O–H groups in total. The molecule has 414 valence electrons. The van der Waals surface area contributed by atoms with E-state index in [9.17, 15) is 14.4 Å². The van der Waals surface area contributed by atoms with Crippen molar-refractivity contribution in [2.45, 2.75) is 285 Å². The van der Waals surface area contributed by atoms with Gasteiger partial charge >= 0.3 is 5.97 Å². The van der Waals surface area contributed by atoms with Gasteiger partial charge in [0, 0.05) is 71.9 Å². The molecule has 12 heteroatoms. The summed E-state index contributed by atoms with van der Waals surface area (Å²) < 4.78 is 36.6. The molecule has 2 atom stereocenters. The van der Waals surface area contributed by atoms with E-state index in [1.54, 1.807) is 4.90 Å². The summed E-state index contributed by atoms with van der Waals surface area (Å²) in [5, 5.41) is 3.13. The zero-order valence-electron chi connectivity index (χ0n) is 46.7. The van der Waals surface area contributed by atoms with Gasteiger partial charge in [-0.15, -0.1) is 0 Å². The predicted octanol–water partition coefficient (Wildman–Crippen LogP) is 13.6. The van der Waals surface area contributed by atoms with Crippen LogP contribution in [-0.2, 0) is 42.8 Å². The number of rotatable bonds is 53. The molecule has 1 rings (SSSR count). The molecule has 1 aliphatic rings. The highest BCUT2D eigenvalue weighted by Gasteiger charge is 2.39. The minimum Gasteiger partial charge on any atom is -0.466 e. The van der Waals surface area contributed by atoms with E-state index >= 15 is 0 Å². The Hall–Kier alpha value is -1.83. The number of likely N-dealkylation sites (N-methyl/N-ethyl adjacent to an activating group) is 1. The Morgan fingerprint density at radius 2 is 0.929 bits per heavy atom. The lowest BCUT2D eigenvalue weighted by Crippen LogP contribution is -2.47. The summed E-state index contributed by atoms with van der Waals surface area (Å²) in [4.78, 5) is 44.0. The minimum absolute atomic E-state index is 0.0184. The molecule has 0 bridgehead atoms. The molecule has 1 aliphatic heterocycles. The first-order valence-corrected chi connectivity index (χ1v) is 29.9. The fourth-order valence-electron chi connectivity index (χ4n) is 9.11. The van der Waals surface area contributed by atoms with Gasteiger partial charge in [-0.2, -0.15) is 0 Å². The summed E-state index contributed by atoms with van der Waals surface area (Å²) in [6.07, 6.45) is 34.6. The van der Waals surface area contributed by atoms with Crippen LogP contribution >= 0.6 is 0 Å². The lowest BCUT2D eigenvalue weighted by Gasteiger charge is -2.25. The third-order valence-corrected chi connectivity index (χ3v) is 13.8. The lowest BCUT2D eigenvalue weighted by atomic mass is 10.1. The number of unbranched alkanes of at least 4 members (excludes halogenated alkanes) is 22. The smallest absolute Gasteiger partial charge is 0.305 e. The van der Waals surface area contributed by atoms with Crippen LogP contribution in [0.4, 0.5) is 0 Å². The Kier molecular flexibility index (Phi) is 46.7. The number of carbonyl (C=O) groups excluding carboxylic acids is 3. The molecule has 0 aromatic heterocycles. The van der Waals surface area contributed by atoms with Crippen LogP contribution < -0.4 is 5.32 Å². The van der Waals surface area contributed by atoms with Gasteiger partial charge in [0.05, 0.1) is 12.7 Å². The van der Waals surface area contributed by atoms with Gasteiger partial charge in [-0.25, -0.2) is 0 Å². The van der Waals surface area contributed by atoms with Crippen LogP contribution in [0.15, 0.2) is 0 Å². The van der Waals surface area contributed by atoms with Gasteiger partial charge in [-0.1, -0.05) is 164 Å². The normalized spacial score (nSPS) is 15.0. The fraction of sp³-hybridized carbons (Fsp3) is 0.948. The summed E-state index contributed by atoms with van der Waals surface area (Å²) in [5.41, 5.74) is 0. The first-order chi connectivity index (χ1) is 34.3. The molecule has 0 aromatic carbocycles. The zero-order valence-corrected chi connectivity index (χ0v) is 46.7. The Bertz CT molecular complexity index is 1140. The molecule has 2 unspecified atom stereocenters. The molecule has 1 fully saturated rings. The van der Waals surface area contributed by atoms with E-state index in [0.29, 0.717) is 84.8 Å². The molecule has 70 heavy (non-hydrogen) atoms. The maximum Gasteiger partial charge on any atom is 0.305 e. The highest BCUT2D eigenvalue weighted by atomic mass is 16.7. The van der Waals surface area contributed by atoms with E-state index < -0.39 is 6.04 Å². The molecule has 2 amide bonds. The van der Waals surface area contributed by atoms with E-state index in [4.69, 9.17) is 28.4 Å². The quantitative estimate of drug-likeness (QED) is 0.0358. The number of hydrogen-bond acceptors (Lipinski definition) is 10. The van der Waals surface area contributed by atoms with Crippen molar-refractivity contribution in [3.8, 4) is 0 Å². The summed E-state index contributed by atoms with van der Waals surface area (Å²) in [6, 6.07) is -0.524. The van der Waals surface area contributed by atoms with Gasteiger partial charge < -0.3 is 43.5 Å². The number of esters is 1. The second-order valence-electron chi connectivity index (χ2n) is 20.1. The van der Waals surface area contributed by atoms with E-state index in [1.165, 1.54) is 116 Å². The minimum atomic E-state index is -0.524. The molecular formula is C58H113N3O9. The Balaban J connectivity index is 2.54. The second-order valence-corrected chi connectivity index (χ2v) is 20.1. The second kappa shape index (κ2) is 49.4. The van der Waals surface area contributed by atoms with Gasteiger partial charge in [0.15, 0.2) is 12.6 Å². The zero-order chi connectivity index (χ0) is 51.0. The summed E-state index contributed by atoms with van der Waals surface area (Å²) in [6.45, 7) is 20.7. The number of nitrogens with one attached hydrogen (secondary N) is 1. The van der Waals surface area contributed by atoms with Crippen LogP contribution in [0.3, 0.4) is 0 Å². The topological polar surface area (TPSA) is 125 Å². The van der Waals surface area contributed by atoms with Crippen molar-refractivity contribution in [2.75, 3.05) is 72.4 Å². The Labute approximate surface area is 431 Å². The van der Waals surface area contributed by atoms with E-state index in [2.05, 4.69) is 51.8 Å². The molecule has 1 saturated heterocycles. The first-order valence-electron chi connectivity index (χ1n) is 29.9. The number of ether oxygens (including phenoxy) is 6. The molecule has 0 aliphatic carbocycles. The number of amides is 2. The largest absolute Gasteiger partial charge is 0.466 e. The van der Waals surface area contributed by atoms with E-state index in [0.717, 1.165) is 90.3 Å². The van der Waals surface area contributed by atoms with Crippen molar-refractivity contribution in [3.05, 3.63) is 0 Å². The summed E-state index contributed by atoms with van der Waals surface area (Å²) in [5.74, 6) is -0.224. The average molecular weight is 997 g/mol. The Morgan fingerprint density at radius 3 is 1.40 bits per heavy atom. The van der Waals surface area contributed by atoms with Gasteiger partial charge in [0.2, 0.25) is 11.8 Å². The highest BCUT2D eigenvalue weighted by Crippen LogP contribution is 2.24. The molecule has 0 aromatic rings. The Morgan fingerprint density at radius 1 is 0.500 bits per heavy atom. The van der Waals surface area contributed by atoms with Crippen molar-refractivity contribution in [1.82, 2.24) is 15.1 Å². The van der Waals surface area contributed by atoms with Gasteiger partial charge in [0.25, 0.3) is 0 Å². The van der Waals surface area contributed by atoms with Crippen LogP contribution in [0.1, 0.15) is 260 Å². The average Bonchev–Trinajstić information content (AvgIpc) is 3.80. The monoisotopic (exact) mass is 996 g/mol. The van der Waals surface area contributed by atoms with Crippen molar-refractivity contribution >= 4 is 17.8 Å².